The number of carbonyl (C=O) groups excluding carboxylic acids is 1. The zero-order valence-electron chi connectivity index (χ0n) is 10.3. The van der Waals surface area contributed by atoms with Gasteiger partial charge in [-0.1, -0.05) is 13.0 Å². The smallest absolute Gasteiger partial charge is 0.338 e. The Morgan fingerprint density at radius 3 is 2.84 bits per heavy atom. The lowest BCUT2D eigenvalue weighted by molar-refractivity contribution is 0.0695. The largest absolute Gasteiger partial charge is 0.478 e. The molecule has 2 N–H and O–H groups in total. The van der Waals surface area contributed by atoms with E-state index in [0.717, 1.165) is 17.6 Å². The molecular weight excluding hydrogens is 266 g/mol. The lowest BCUT2D eigenvalue weighted by atomic mass is 10.2. The van der Waals surface area contributed by atoms with Crippen molar-refractivity contribution >= 4 is 23.2 Å². The first-order valence-electron chi connectivity index (χ1n) is 5.78. The Hall–Kier alpha value is -2.08. The van der Waals surface area contributed by atoms with Crippen LogP contribution in [0.5, 0.6) is 0 Å². The molecule has 1 amide bonds. The van der Waals surface area contributed by atoms with E-state index in [1.807, 2.05) is 24.4 Å². The summed E-state index contributed by atoms with van der Waals surface area (Å²) in [5.41, 5.74) is -0.0330. The highest BCUT2D eigenvalue weighted by Gasteiger charge is 2.19. The third-order valence-electron chi connectivity index (χ3n) is 2.67. The van der Waals surface area contributed by atoms with Gasteiger partial charge in [0, 0.05) is 10.9 Å². The van der Waals surface area contributed by atoms with Crippen molar-refractivity contribution in [2.75, 3.05) is 0 Å². The van der Waals surface area contributed by atoms with Crippen molar-refractivity contribution in [2.45, 2.75) is 19.4 Å². The number of carboxylic acids is 1. The van der Waals surface area contributed by atoms with Crippen LogP contribution in [0.15, 0.2) is 34.3 Å². The molecule has 0 aliphatic carbocycles. The van der Waals surface area contributed by atoms with Crippen LogP contribution in [-0.4, -0.2) is 17.0 Å². The number of carbonyl (C=O) groups is 2. The molecule has 2 heterocycles. The number of rotatable bonds is 5. The summed E-state index contributed by atoms with van der Waals surface area (Å²) in [6.45, 7) is 1.97. The Morgan fingerprint density at radius 2 is 2.32 bits per heavy atom. The quantitative estimate of drug-likeness (QED) is 0.882. The van der Waals surface area contributed by atoms with Gasteiger partial charge in [0.05, 0.1) is 11.6 Å². The highest BCUT2D eigenvalue weighted by molar-refractivity contribution is 7.10. The summed E-state index contributed by atoms with van der Waals surface area (Å²) in [6.07, 6.45) is 1.81. The van der Waals surface area contributed by atoms with Gasteiger partial charge in [0.25, 0.3) is 5.91 Å². The summed E-state index contributed by atoms with van der Waals surface area (Å²) < 4.78 is 4.96. The van der Waals surface area contributed by atoms with Crippen LogP contribution in [-0.2, 0) is 0 Å². The van der Waals surface area contributed by atoms with Crippen LogP contribution in [0.3, 0.4) is 0 Å². The zero-order valence-corrected chi connectivity index (χ0v) is 11.1. The molecule has 0 saturated carbocycles. The number of furan rings is 1. The van der Waals surface area contributed by atoms with E-state index in [-0.39, 0.29) is 17.4 Å². The topological polar surface area (TPSA) is 79.5 Å². The van der Waals surface area contributed by atoms with Crippen molar-refractivity contribution in [1.82, 2.24) is 5.32 Å². The van der Waals surface area contributed by atoms with Crippen molar-refractivity contribution in [3.63, 3.8) is 0 Å². The van der Waals surface area contributed by atoms with Crippen LogP contribution in [0.2, 0.25) is 0 Å². The summed E-state index contributed by atoms with van der Waals surface area (Å²) in [6, 6.07) is 5.00. The van der Waals surface area contributed by atoms with Crippen LogP contribution < -0.4 is 5.32 Å². The predicted molar refractivity (Wildman–Crippen MR) is 70.5 cm³/mol. The number of thiophene rings is 1. The fraction of sp³-hybridized carbons (Fsp3) is 0.231. The first kappa shape index (κ1) is 13.4. The molecule has 0 radical (unpaired) electrons. The predicted octanol–water partition coefficient (Wildman–Crippen LogP) is 2.92. The standard InChI is InChI=1S/C13H13NO4S/c1-2-9(11-4-3-5-19-11)14-12(15)10-6-8(7-18-10)13(16)17/h3-7,9H,2H2,1H3,(H,14,15)(H,16,17)/t9-/m1/s1. The van der Waals surface area contributed by atoms with Gasteiger partial charge in [0.2, 0.25) is 0 Å². The Kier molecular flexibility index (Phi) is 4.01. The molecule has 0 aliphatic rings. The van der Waals surface area contributed by atoms with E-state index in [9.17, 15) is 9.59 Å². The molecule has 2 aromatic rings. The van der Waals surface area contributed by atoms with Crippen molar-refractivity contribution in [1.29, 1.82) is 0 Å². The molecule has 0 bridgehead atoms. The molecule has 0 spiro atoms. The fourth-order valence-corrected chi connectivity index (χ4v) is 2.52. The van der Waals surface area contributed by atoms with Crippen molar-refractivity contribution < 1.29 is 19.1 Å². The van der Waals surface area contributed by atoms with Crippen LogP contribution >= 0.6 is 11.3 Å². The van der Waals surface area contributed by atoms with Gasteiger partial charge in [-0.25, -0.2) is 4.79 Å². The molecule has 2 aromatic heterocycles. The second-order valence-electron chi connectivity index (χ2n) is 3.95. The number of nitrogens with one attached hydrogen (secondary N) is 1. The molecule has 0 unspecified atom stereocenters. The minimum atomic E-state index is -1.12. The van der Waals surface area contributed by atoms with E-state index in [2.05, 4.69) is 5.32 Å². The zero-order chi connectivity index (χ0) is 13.8. The van der Waals surface area contributed by atoms with Crippen LogP contribution in [0.4, 0.5) is 0 Å². The molecule has 19 heavy (non-hydrogen) atoms. The van der Waals surface area contributed by atoms with Gasteiger partial charge in [-0.2, -0.15) is 0 Å². The molecule has 0 aliphatic heterocycles. The summed E-state index contributed by atoms with van der Waals surface area (Å²) >= 11 is 1.56. The molecular formula is C13H13NO4S. The Balaban J connectivity index is 2.09. The molecule has 0 aromatic carbocycles. The molecule has 0 saturated heterocycles. The molecule has 2 rings (SSSR count). The number of aromatic carboxylic acids is 1. The number of amides is 1. The van der Waals surface area contributed by atoms with E-state index >= 15 is 0 Å². The Labute approximate surface area is 113 Å². The van der Waals surface area contributed by atoms with Crippen molar-refractivity contribution in [3.05, 3.63) is 46.0 Å². The summed E-state index contributed by atoms with van der Waals surface area (Å²) in [5, 5.41) is 13.5. The highest BCUT2D eigenvalue weighted by Crippen LogP contribution is 2.22. The minimum absolute atomic E-state index is 0.00686. The van der Waals surface area contributed by atoms with Crippen molar-refractivity contribution in [3.8, 4) is 0 Å². The van der Waals surface area contributed by atoms with Crippen LogP contribution in [0, 0.1) is 0 Å². The summed E-state index contributed by atoms with van der Waals surface area (Å²) in [7, 11) is 0. The normalized spacial score (nSPS) is 12.1. The van der Waals surface area contributed by atoms with E-state index in [1.54, 1.807) is 11.3 Å². The maximum absolute atomic E-state index is 12.0. The van der Waals surface area contributed by atoms with Gasteiger partial charge in [0.15, 0.2) is 5.76 Å². The first-order chi connectivity index (χ1) is 9.11. The van der Waals surface area contributed by atoms with Gasteiger partial charge in [0.1, 0.15) is 6.26 Å². The second-order valence-corrected chi connectivity index (χ2v) is 4.93. The Bertz CT molecular complexity index is 573. The average molecular weight is 279 g/mol. The number of hydrogen-bond acceptors (Lipinski definition) is 4. The monoisotopic (exact) mass is 279 g/mol. The molecule has 6 heteroatoms. The van der Waals surface area contributed by atoms with E-state index in [0.29, 0.717) is 0 Å². The Morgan fingerprint density at radius 1 is 1.53 bits per heavy atom. The third kappa shape index (κ3) is 3.03. The maximum Gasteiger partial charge on any atom is 0.338 e. The fourth-order valence-electron chi connectivity index (χ4n) is 1.66. The molecule has 1 atom stereocenters. The van der Waals surface area contributed by atoms with Crippen molar-refractivity contribution in [2.24, 2.45) is 0 Å². The van der Waals surface area contributed by atoms with E-state index < -0.39 is 11.9 Å². The van der Waals surface area contributed by atoms with E-state index in [1.165, 1.54) is 6.07 Å². The van der Waals surface area contributed by atoms with Gasteiger partial charge in [-0.15, -0.1) is 11.3 Å². The maximum atomic E-state index is 12.0. The number of hydrogen-bond donors (Lipinski definition) is 2. The molecule has 100 valence electrons. The third-order valence-corrected chi connectivity index (χ3v) is 3.66. The van der Waals surface area contributed by atoms with Gasteiger partial charge in [-0.3, -0.25) is 4.79 Å². The summed E-state index contributed by atoms with van der Waals surface area (Å²) in [5.74, 6) is -1.52. The lowest BCUT2D eigenvalue weighted by Gasteiger charge is -2.14. The minimum Gasteiger partial charge on any atom is -0.478 e. The average Bonchev–Trinajstić information content (AvgIpc) is 3.05. The summed E-state index contributed by atoms with van der Waals surface area (Å²) in [4.78, 5) is 23.7. The van der Waals surface area contributed by atoms with Gasteiger partial charge in [-0.05, 0) is 17.9 Å². The van der Waals surface area contributed by atoms with Gasteiger partial charge < -0.3 is 14.8 Å². The van der Waals surface area contributed by atoms with Crippen LogP contribution in [0.1, 0.15) is 45.2 Å². The number of carboxylic acid groups (broad SMARTS) is 1. The first-order valence-corrected chi connectivity index (χ1v) is 6.66. The van der Waals surface area contributed by atoms with Gasteiger partial charge >= 0.3 is 5.97 Å². The molecule has 0 fully saturated rings. The SMILES string of the molecule is CC[C@@H](NC(=O)c1cc(C(=O)O)co1)c1cccs1. The van der Waals surface area contributed by atoms with E-state index in [4.69, 9.17) is 9.52 Å². The highest BCUT2D eigenvalue weighted by atomic mass is 32.1. The van der Waals surface area contributed by atoms with Crippen LogP contribution in [0.25, 0.3) is 0 Å². The molecule has 5 nitrogen and oxygen atoms in total. The lowest BCUT2D eigenvalue weighted by Crippen LogP contribution is -2.27. The second kappa shape index (κ2) is 5.71.